The smallest absolute Gasteiger partial charge is 0.256 e. The van der Waals surface area contributed by atoms with E-state index in [0.717, 1.165) is 6.26 Å². The zero-order chi connectivity index (χ0) is 17.9. The highest BCUT2D eigenvalue weighted by Crippen LogP contribution is 2.25. The Hall–Kier alpha value is -2.67. The number of anilines is 2. The Kier molecular flexibility index (Phi) is 5.04. The maximum Gasteiger partial charge on any atom is 0.256 e. The number of carbonyl (C=O) groups excluding carboxylic acids is 2. The molecule has 24 heavy (non-hydrogen) atoms. The minimum atomic E-state index is -3.52. The van der Waals surface area contributed by atoms with E-state index in [1.807, 2.05) is 0 Å². The lowest BCUT2D eigenvalue weighted by Crippen LogP contribution is -2.17. The standard InChI is InChI=1S/C17H18N2O4S/c1-11-14(18-12(2)20)8-6-9-15(11)19-17(21)13-7-4-5-10-16(13)24(3,22)23/h4-10H,1-3H3,(H,18,20)(H,19,21). The van der Waals surface area contributed by atoms with Crippen molar-refractivity contribution in [3.05, 3.63) is 53.6 Å². The number of nitrogens with one attached hydrogen (secondary N) is 2. The molecule has 0 aliphatic heterocycles. The van der Waals surface area contributed by atoms with Crippen LogP contribution in [0.4, 0.5) is 11.4 Å². The van der Waals surface area contributed by atoms with Crippen LogP contribution in [0.1, 0.15) is 22.8 Å². The van der Waals surface area contributed by atoms with E-state index in [1.54, 1.807) is 37.3 Å². The van der Waals surface area contributed by atoms with Crippen molar-refractivity contribution in [3.8, 4) is 0 Å². The van der Waals surface area contributed by atoms with Gasteiger partial charge in [-0.2, -0.15) is 0 Å². The monoisotopic (exact) mass is 346 g/mol. The first-order valence-corrected chi connectivity index (χ1v) is 9.07. The van der Waals surface area contributed by atoms with Gasteiger partial charge in [0, 0.05) is 24.6 Å². The van der Waals surface area contributed by atoms with E-state index in [1.165, 1.54) is 19.1 Å². The molecule has 0 aliphatic carbocycles. The second-order valence-electron chi connectivity index (χ2n) is 5.38. The molecule has 6 nitrogen and oxygen atoms in total. The first-order valence-electron chi connectivity index (χ1n) is 7.18. The Morgan fingerprint density at radius 3 is 2.08 bits per heavy atom. The number of benzene rings is 2. The number of amides is 2. The van der Waals surface area contributed by atoms with Crippen LogP contribution in [-0.2, 0) is 14.6 Å². The summed E-state index contributed by atoms with van der Waals surface area (Å²) in [5.41, 5.74) is 1.83. The van der Waals surface area contributed by atoms with E-state index >= 15 is 0 Å². The minimum Gasteiger partial charge on any atom is -0.326 e. The first-order chi connectivity index (χ1) is 11.2. The van der Waals surface area contributed by atoms with Gasteiger partial charge in [0.25, 0.3) is 5.91 Å². The summed E-state index contributed by atoms with van der Waals surface area (Å²) in [7, 11) is -3.52. The molecular weight excluding hydrogens is 328 g/mol. The Bertz CT molecular complexity index is 905. The Labute approximate surface area is 140 Å². The van der Waals surface area contributed by atoms with Crippen LogP contribution in [0.15, 0.2) is 47.4 Å². The molecule has 0 aromatic heterocycles. The zero-order valence-corrected chi connectivity index (χ0v) is 14.4. The Balaban J connectivity index is 2.37. The van der Waals surface area contributed by atoms with Gasteiger partial charge in [-0.1, -0.05) is 18.2 Å². The molecule has 0 spiro atoms. The molecule has 7 heteroatoms. The number of hydrogen-bond donors (Lipinski definition) is 2. The van der Waals surface area contributed by atoms with Crippen molar-refractivity contribution in [1.29, 1.82) is 0 Å². The summed E-state index contributed by atoms with van der Waals surface area (Å²) in [6, 6.07) is 11.1. The molecular formula is C17H18N2O4S. The highest BCUT2D eigenvalue weighted by Gasteiger charge is 2.19. The number of rotatable bonds is 4. The molecule has 0 radical (unpaired) electrons. The van der Waals surface area contributed by atoms with Crippen molar-refractivity contribution in [2.24, 2.45) is 0 Å². The number of hydrogen-bond acceptors (Lipinski definition) is 4. The lowest BCUT2D eigenvalue weighted by Gasteiger charge is -2.14. The molecule has 0 atom stereocenters. The van der Waals surface area contributed by atoms with Crippen LogP contribution >= 0.6 is 0 Å². The van der Waals surface area contributed by atoms with Gasteiger partial charge in [-0.15, -0.1) is 0 Å². The molecule has 0 unspecified atom stereocenters. The van der Waals surface area contributed by atoms with E-state index in [4.69, 9.17) is 0 Å². The third-order valence-corrected chi connectivity index (χ3v) is 4.58. The van der Waals surface area contributed by atoms with E-state index in [2.05, 4.69) is 10.6 Å². The number of carbonyl (C=O) groups is 2. The molecule has 0 fully saturated rings. The molecule has 2 rings (SSSR count). The maximum atomic E-state index is 12.5. The van der Waals surface area contributed by atoms with E-state index in [9.17, 15) is 18.0 Å². The van der Waals surface area contributed by atoms with Crippen molar-refractivity contribution < 1.29 is 18.0 Å². The second-order valence-corrected chi connectivity index (χ2v) is 7.37. The summed E-state index contributed by atoms with van der Waals surface area (Å²) >= 11 is 0. The van der Waals surface area contributed by atoms with Gasteiger partial charge in [0.1, 0.15) is 0 Å². The van der Waals surface area contributed by atoms with Gasteiger partial charge < -0.3 is 10.6 Å². The van der Waals surface area contributed by atoms with Crippen LogP contribution in [0, 0.1) is 6.92 Å². The molecule has 0 heterocycles. The third kappa shape index (κ3) is 3.99. The number of sulfone groups is 1. The Morgan fingerprint density at radius 1 is 0.917 bits per heavy atom. The van der Waals surface area contributed by atoms with E-state index in [0.29, 0.717) is 16.9 Å². The summed E-state index contributed by atoms with van der Waals surface area (Å²) in [5, 5.41) is 5.37. The molecule has 0 saturated carbocycles. The lowest BCUT2D eigenvalue weighted by molar-refractivity contribution is -0.114. The van der Waals surface area contributed by atoms with Crippen LogP contribution in [0.25, 0.3) is 0 Å². The molecule has 2 aromatic rings. The summed E-state index contributed by atoms with van der Waals surface area (Å²) in [6.45, 7) is 3.15. The minimum absolute atomic E-state index is 0.0295. The highest BCUT2D eigenvalue weighted by molar-refractivity contribution is 7.90. The maximum absolute atomic E-state index is 12.5. The molecule has 126 valence electrons. The van der Waals surface area contributed by atoms with Gasteiger partial charge in [0.2, 0.25) is 5.91 Å². The topological polar surface area (TPSA) is 92.3 Å². The quantitative estimate of drug-likeness (QED) is 0.890. The summed E-state index contributed by atoms with van der Waals surface area (Å²) in [6.07, 6.45) is 1.06. The second kappa shape index (κ2) is 6.84. The molecule has 2 amide bonds. The molecule has 2 N–H and O–H groups in total. The largest absolute Gasteiger partial charge is 0.326 e. The van der Waals surface area contributed by atoms with Crippen molar-refractivity contribution in [2.45, 2.75) is 18.7 Å². The fourth-order valence-corrected chi connectivity index (χ4v) is 3.15. The van der Waals surface area contributed by atoms with Crippen molar-refractivity contribution in [3.63, 3.8) is 0 Å². The average molecular weight is 346 g/mol. The third-order valence-electron chi connectivity index (χ3n) is 3.42. The molecule has 0 bridgehead atoms. The summed E-state index contributed by atoms with van der Waals surface area (Å²) in [4.78, 5) is 23.7. The normalized spacial score (nSPS) is 11.0. The van der Waals surface area contributed by atoms with Crippen LogP contribution in [0.2, 0.25) is 0 Å². The lowest BCUT2D eigenvalue weighted by atomic mass is 10.1. The van der Waals surface area contributed by atoms with Crippen molar-refractivity contribution in [1.82, 2.24) is 0 Å². The van der Waals surface area contributed by atoms with Crippen molar-refractivity contribution >= 4 is 33.0 Å². The highest BCUT2D eigenvalue weighted by atomic mass is 32.2. The van der Waals surface area contributed by atoms with Crippen molar-refractivity contribution in [2.75, 3.05) is 16.9 Å². The predicted octanol–water partition coefficient (Wildman–Crippen LogP) is 2.61. The Morgan fingerprint density at radius 2 is 1.50 bits per heavy atom. The summed E-state index contributed by atoms with van der Waals surface area (Å²) < 4.78 is 23.7. The SMILES string of the molecule is CC(=O)Nc1cccc(NC(=O)c2ccccc2S(C)(=O)=O)c1C. The van der Waals surface area contributed by atoms with Gasteiger partial charge in [0.05, 0.1) is 10.5 Å². The van der Waals surface area contributed by atoms with Crippen LogP contribution in [0.5, 0.6) is 0 Å². The average Bonchev–Trinajstić information content (AvgIpc) is 2.50. The van der Waals surface area contributed by atoms with Gasteiger partial charge in [-0.05, 0) is 36.8 Å². The van der Waals surface area contributed by atoms with E-state index < -0.39 is 15.7 Å². The van der Waals surface area contributed by atoms with Gasteiger partial charge in [-0.25, -0.2) is 8.42 Å². The van der Waals surface area contributed by atoms with Crippen LogP contribution < -0.4 is 10.6 Å². The van der Waals surface area contributed by atoms with Gasteiger partial charge >= 0.3 is 0 Å². The van der Waals surface area contributed by atoms with E-state index in [-0.39, 0.29) is 16.4 Å². The fraction of sp³-hybridized carbons (Fsp3) is 0.176. The zero-order valence-electron chi connectivity index (χ0n) is 13.6. The summed E-state index contributed by atoms with van der Waals surface area (Å²) in [5.74, 6) is -0.747. The van der Waals surface area contributed by atoms with Crippen LogP contribution in [-0.4, -0.2) is 26.5 Å². The molecule has 2 aromatic carbocycles. The van der Waals surface area contributed by atoms with Gasteiger partial charge in [0.15, 0.2) is 9.84 Å². The van der Waals surface area contributed by atoms with Gasteiger partial charge in [-0.3, -0.25) is 9.59 Å². The first kappa shape index (κ1) is 17.7. The molecule has 0 aliphatic rings. The predicted molar refractivity (Wildman–Crippen MR) is 93.0 cm³/mol. The molecule has 0 saturated heterocycles. The van der Waals surface area contributed by atoms with Crippen LogP contribution in [0.3, 0.4) is 0 Å². The fourth-order valence-electron chi connectivity index (χ4n) is 2.26.